The van der Waals surface area contributed by atoms with Gasteiger partial charge in [0.25, 0.3) is 0 Å². The molecule has 0 aromatic carbocycles. The fourth-order valence-corrected chi connectivity index (χ4v) is 2.17. The van der Waals surface area contributed by atoms with Crippen LogP contribution >= 0.6 is 0 Å². The third kappa shape index (κ3) is 2.48. The molecule has 0 aliphatic carbocycles. The van der Waals surface area contributed by atoms with E-state index in [1.165, 1.54) is 12.8 Å². The van der Waals surface area contributed by atoms with Crippen LogP contribution in [0, 0.1) is 11.8 Å². The van der Waals surface area contributed by atoms with Crippen molar-refractivity contribution in [2.45, 2.75) is 52.6 Å². The zero-order valence-electron chi connectivity index (χ0n) is 8.22. The van der Waals surface area contributed by atoms with Crippen molar-refractivity contribution in [3.63, 3.8) is 0 Å². The van der Waals surface area contributed by atoms with Crippen LogP contribution in [0.4, 0.5) is 0 Å². The molecule has 1 aliphatic rings. The minimum absolute atomic E-state index is 0.728. The summed E-state index contributed by atoms with van der Waals surface area (Å²) in [6.45, 7) is 9.28. The first-order valence-electron chi connectivity index (χ1n) is 4.85. The third-order valence-electron chi connectivity index (χ3n) is 2.82. The SMILES string of the molecule is CC(C)C1C[C@@H](C)N[C@@H](C)C1. The summed E-state index contributed by atoms with van der Waals surface area (Å²) in [5.41, 5.74) is 0. The van der Waals surface area contributed by atoms with Gasteiger partial charge < -0.3 is 5.32 Å². The van der Waals surface area contributed by atoms with E-state index in [1.54, 1.807) is 0 Å². The first-order valence-corrected chi connectivity index (χ1v) is 4.85. The molecule has 0 aromatic heterocycles. The van der Waals surface area contributed by atoms with Gasteiger partial charge in [-0.2, -0.15) is 0 Å². The summed E-state index contributed by atoms with van der Waals surface area (Å²) >= 11 is 0. The van der Waals surface area contributed by atoms with Gasteiger partial charge in [0, 0.05) is 12.1 Å². The Morgan fingerprint density at radius 2 is 1.55 bits per heavy atom. The zero-order valence-corrected chi connectivity index (χ0v) is 8.22. The van der Waals surface area contributed by atoms with Crippen molar-refractivity contribution in [3.05, 3.63) is 0 Å². The summed E-state index contributed by atoms with van der Waals surface area (Å²) in [6, 6.07) is 1.46. The second-order valence-corrected chi connectivity index (χ2v) is 4.44. The van der Waals surface area contributed by atoms with E-state index < -0.39 is 0 Å². The van der Waals surface area contributed by atoms with Gasteiger partial charge in [0.1, 0.15) is 0 Å². The standard InChI is InChI=1S/C10H21N/c1-7(2)10-5-8(3)11-9(4)6-10/h7-11H,5-6H2,1-4H3/t8-,9+,10?. The molecule has 1 rings (SSSR count). The molecule has 1 fully saturated rings. The summed E-state index contributed by atoms with van der Waals surface area (Å²) in [6.07, 6.45) is 2.73. The van der Waals surface area contributed by atoms with E-state index in [1.807, 2.05) is 0 Å². The Morgan fingerprint density at radius 1 is 1.09 bits per heavy atom. The molecule has 0 saturated carbocycles. The van der Waals surface area contributed by atoms with Gasteiger partial charge in [0.2, 0.25) is 0 Å². The highest BCUT2D eigenvalue weighted by Gasteiger charge is 2.24. The fraction of sp³-hybridized carbons (Fsp3) is 1.00. The van der Waals surface area contributed by atoms with E-state index in [-0.39, 0.29) is 0 Å². The Bertz CT molecular complexity index is 110. The van der Waals surface area contributed by atoms with Gasteiger partial charge in [-0.15, -0.1) is 0 Å². The normalized spacial score (nSPS) is 39.5. The molecule has 0 aromatic rings. The maximum absolute atomic E-state index is 3.56. The van der Waals surface area contributed by atoms with Crippen LogP contribution in [-0.4, -0.2) is 12.1 Å². The molecule has 1 nitrogen and oxygen atoms in total. The van der Waals surface area contributed by atoms with Crippen molar-refractivity contribution >= 4 is 0 Å². The molecule has 1 N–H and O–H groups in total. The molecular formula is C10H21N. The Morgan fingerprint density at radius 3 is 1.91 bits per heavy atom. The first-order chi connectivity index (χ1) is 5.09. The van der Waals surface area contributed by atoms with Gasteiger partial charge in [-0.1, -0.05) is 13.8 Å². The molecule has 1 saturated heterocycles. The van der Waals surface area contributed by atoms with Crippen LogP contribution in [0.5, 0.6) is 0 Å². The van der Waals surface area contributed by atoms with E-state index in [9.17, 15) is 0 Å². The van der Waals surface area contributed by atoms with Crippen molar-refractivity contribution in [2.75, 3.05) is 0 Å². The quantitative estimate of drug-likeness (QED) is 0.613. The van der Waals surface area contributed by atoms with Crippen molar-refractivity contribution in [3.8, 4) is 0 Å². The monoisotopic (exact) mass is 155 g/mol. The minimum Gasteiger partial charge on any atom is -0.312 e. The van der Waals surface area contributed by atoms with Crippen LogP contribution in [0.3, 0.4) is 0 Å². The smallest absolute Gasteiger partial charge is 0.00439 e. The second-order valence-electron chi connectivity index (χ2n) is 4.44. The van der Waals surface area contributed by atoms with Gasteiger partial charge in [0.05, 0.1) is 0 Å². The van der Waals surface area contributed by atoms with Crippen LogP contribution in [0.2, 0.25) is 0 Å². The van der Waals surface area contributed by atoms with Gasteiger partial charge >= 0.3 is 0 Å². The Hall–Kier alpha value is -0.0400. The zero-order chi connectivity index (χ0) is 8.43. The predicted octanol–water partition coefficient (Wildman–Crippen LogP) is 2.42. The predicted molar refractivity (Wildman–Crippen MR) is 49.6 cm³/mol. The largest absolute Gasteiger partial charge is 0.312 e. The summed E-state index contributed by atoms with van der Waals surface area (Å²) in [4.78, 5) is 0. The summed E-state index contributed by atoms with van der Waals surface area (Å²) in [5, 5.41) is 3.56. The molecule has 0 bridgehead atoms. The lowest BCUT2D eigenvalue weighted by molar-refractivity contribution is 0.213. The maximum Gasteiger partial charge on any atom is 0.00439 e. The molecule has 11 heavy (non-hydrogen) atoms. The summed E-state index contributed by atoms with van der Waals surface area (Å²) in [7, 11) is 0. The molecule has 1 heteroatoms. The van der Waals surface area contributed by atoms with Gasteiger partial charge in [-0.25, -0.2) is 0 Å². The lowest BCUT2D eigenvalue weighted by Crippen LogP contribution is -2.43. The molecule has 1 heterocycles. The highest BCUT2D eigenvalue weighted by atomic mass is 15.0. The molecule has 3 atom stereocenters. The van der Waals surface area contributed by atoms with Gasteiger partial charge in [0.15, 0.2) is 0 Å². The molecule has 1 aliphatic heterocycles. The van der Waals surface area contributed by atoms with E-state index >= 15 is 0 Å². The fourth-order valence-electron chi connectivity index (χ4n) is 2.17. The van der Waals surface area contributed by atoms with E-state index in [2.05, 4.69) is 33.0 Å². The van der Waals surface area contributed by atoms with Crippen LogP contribution in [-0.2, 0) is 0 Å². The second kappa shape index (κ2) is 3.57. The lowest BCUT2D eigenvalue weighted by atomic mass is 9.81. The number of piperidine rings is 1. The average molecular weight is 155 g/mol. The van der Waals surface area contributed by atoms with Crippen molar-refractivity contribution in [1.82, 2.24) is 5.32 Å². The van der Waals surface area contributed by atoms with Crippen LogP contribution in [0.25, 0.3) is 0 Å². The first kappa shape index (κ1) is 9.05. The van der Waals surface area contributed by atoms with Crippen LogP contribution in [0.15, 0.2) is 0 Å². The van der Waals surface area contributed by atoms with Crippen LogP contribution < -0.4 is 5.32 Å². The van der Waals surface area contributed by atoms with Gasteiger partial charge in [-0.05, 0) is 38.5 Å². The summed E-state index contributed by atoms with van der Waals surface area (Å²) in [5.74, 6) is 1.81. The van der Waals surface area contributed by atoms with E-state index in [0.717, 1.165) is 23.9 Å². The number of rotatable bonds is 1. The van der Waals surface area contributed by atoms with E-state index in [0.29, 0.717) is 0 Å². The van der Waals surface area contributed by atoms with Crippen LogP contribution in [0.1, 0.15) is 40.5 Å². The summed E-state index contributed by atoms with van der Waals surface area (Å²) < 4.78 is 0. The number of hydrogen-bond acceptors (Lipinski definition) is 1. The van der Waals surface area contributed by atoms with Crippen molar-refractivity contribution in [1.29, 1.82) is 0 Å². The molecule has 0 radical (unpaired) electrons. The van der Waals surface area contributed by atoms with E-state index in [4.69, 9.17) is 0 Å². The Labute approximate surface area is 70.6 Å². The molecule has 0 amide bonds. The lowest BCUT2D eigenvalue weighted by Gasteiger charge is -2.35. The number of hydrogen-bond donors (Lipinski definition) is 1. The number of nitrogens with one attached hydrogen (secondary N) is 1. The molecule has 66 valence electrons. The third-order valence-corrected chi connectivity index (χ3v) is 2.82. The Kier molecular flexibility index (Phi) is 2.94. The molecular weight excluding hydrogens is 134 g/mol. The molecule has 1 unspecified atom stereocenters. The maximum atomic E-state index is 3.56. The molecule has 0 spiro atoms. The highest BCUT2D eigenvalue weighted by Crippen LogP contribution is 2.26. The Balaban J connectivity index is 2.43. The highest BCUT2D eigenvalue weighted by molar-refractivity contribution is 4.81. The average Bonchev–Trinajstić information content (AvgIpc) is 1.85. The van der Waals surface area contributed by atoms with Crippen molar-refractivity contribution < 1.29 is 0 Å². The van der Waals surface area contributed by atoms with Gasteiger partial charge in [-0.3, -0.25) is 0 Å². The minimum atomic E-state index is 0.728. The topological polar surface area (TPSA) is 12.0 Å². The van der Waals surface area contributed by atoms with Crippen molar-refractivity contribution in [2.24, 2.45) is 11.8 Å².